The van der Waals surface area contributed by atoms with Crippen molar-refractivity contribution in [3.63, 3.8) is 0 Å². The smallest absolute Gasteiger partial charge is 0.309 e. The quantitative estimate of drug-likeness (QED) is 0.539. The van der Waals surface area contributed by atoms with Gasteiger partial charge in [-0.1, -0.05) is 18.9 Å². The van der Waals surface area contributed by atoms with E-state index in [1.807, 2.05) is 6.08 Å². The van der Waals surface area contributed by atoms with E-state index in [0.29, 0.717) is 0 Å². The highest BCUT2D eigenvalue weighted by atomic mass is 14.3. The zero-order chi connectivity index (χ0) is 7.40. The summed E-state index contributed by atoms with van der Waals surface area (Å²) < 4.78 is 0. The fourth-order valence-electron chi connectivity index (χ4n) is 1.60. The van der Waals surface area contributed by atoms with Crippen molar-refractivity contribution >= 4 is 6.21 Å². The molecule has 0 aliphatic heterocycles. The number of nitrogens with one attached hydrogen (secondary N) is 1. The van der Waals surface area contributed by atoms with Gasteiger partial charge in [0, 0.05) is 6.21 Å². The van der Waals surface area contributed by atoms with Crippen molar-refractivity contribution in [2.24, 2.45) is 5.92 Å². The predicted octanol–water partition coefficient (Wildman–Crippen LogP) is 2.88. The lowest BCUT2D eigenvalue weighted by Crippen LogP contribution is -2.04. The Bertz CT molecular complexity index is 152. The second-order valence-corrected chi connectivity index (χ2v) is 3.19. The van der Waals surface area contributed by atoms with Crippen molar-refractivity contribution in [3.8, 4) is 0 Å². The molecule has 0 aromatic heterocycles. The van der Waals surface area contributed by atoms with Crippen LogP contribution in [-0.4, -0.2) is 6.21 Å². The average molecular weight is 138 g/mol. The maximum atomic E-state index is 6.90. The largest absolute Gasteiger partial charge is 1.00 e. The Morgan fingerprint density at radius 1 is 1.70 bits per heavy atom. The molecule has 1 aliphatic carbocycles. The summed E-state index contributed by atoms with van der Waals surface area (Å²) in [6.07, 6.45) is 8.49. The predicted molar refractivity (Wildman–Crippen MR) is 45.6 cm³/mol. The van der Waals surface area contributed by atoms with Crippen LogP contribution in [0.15, 0.2) is 11.6 Å². The van der Waals surface area contributed by atoms with E-state index < -0.39 is 0 Å². The molecule has 0 unspecified atom stereocenters. The van der Waals surface area contributed by atoms with Crippen molar-refractivity contribution in [3.05, 3.63) is 11.6 Å². The topological polar surface area (TPSA) is 23.9 Å². The molecule has 0 bridgehead atoms. The van der Waals surface area contributed by atoms with Gasteiger partial charge in [-0.05, 0) is 31.3 Å². The summed E-state index contributed by atoms with van der Waals surface area (Å²) >= 11 is 0. The number of rotatable bonds is 1. The molecule has 1 saturated carbocycles. The Balaban J connectivity index is 0.000001000. The van der Waals surface area contributed by atoms with E-state index >= 15 is 0 Å². The Morgan fingerprint density at radius 3 is 3.10 bits per heavy atom. The number of hydrogen-bond donors (Lipinski definition) is 1. The third kappa shape index (κ3) is 1.98. The summed E-state index contributed by atoms with van der Waals surface area (Å²) in [7, 11) is 0. The van der Waals surface area contributed by atoms with Gasteiger partial charge < -0.3 is 5.41 Å². The van der Waals surface area contributed by atoms with Gasteiger partial charge in [-0.3, -0.25) is 0 Å². The minimum absolute atomic E-state index is 0. The van der Waals surface area contributed by atoms with Gasteiger partial charge in [0.1, 0.15) is 0 Å². The summed E-state index contributed by atoms with van der Waals surface area (Å²) in [5.41, 5.74) is 1.47. The zero-order valence-corrected chi connectivity index (χ0v) is 6.56. The molecule has 56 valence electrons. The van der Waals surface area contributed by atoms with Crippen LogP contribution in [0.3, 0.4) is 0 Å². The molecule has 1 heteroatoms. The second kappa shape index (κ2) is 3.55. The maximum Gasteiger partial charge on any atom is 1.00 e. The van der Waals surface area contributed by atoms with Gasteiger partial charge in [-0.2, -0.15) is 0 Å². The van der Waals surface area contributed by atoms with Crippen molar-refractivity contribution < 1.29 is 1.43 Å². The molecule has 0 heterocycles. The molecule has 1 atom stereocenters. The van der Waals surface area contributed by atoms with Crippen LogP contribution in [0.2, 0.25) is 0 Å². The summed E-state index contributed by atoms with van der Waals surface area (Å²) in [6, 6.07) is 0. The van der Waals surface area contributed by atoms with Crippen LogP contribution in [0.25, 0.3) is 0 Å². The van der Waals surface area contributed by atoms with E-state index in [1.54, 1.807) is 0 Å². The molecule has 0 aromatic rings. The van der Waals surface area contributed by atoms with E-state index in [1.165, 1.54) is 37.5 Å². The van der Waals surface area contributed by atoms with E-state index in [2.05, 4.69) is 6.92 Å². The highest BCUT2D eigenvalue weighted by Crippen LogP contribution is 2.27. The molecule has 0 spiro atoms. The van der Waals surface area contributed by atoms with Gasteiger partial charge in [-0.15, -0.1) is 0 Å². The van der Waals surface area contributed by atoms with Crippen molar-refractivity contribution in [1.29, 1.82) is 5.41 Å². The number of hydrogen-bond acceptors (Lipinski definition) is 1. The Morgan fingerprint density at radius 2 is 2.50 bits per heavy atom. The highest BCUT2D eigenvalue weighted by Gasteiger charge is 2.11. The molecule has 0 aromatic carbocycles. The minimum atomic E-state index is 0. The summed E-state index contributed by atoms with van der Waals surface area (Å²) in [4.78, 5) is 0. The van der Waals surface area contributed by atoms with Crippen LogP contribution in [0, 0.1) is 11.3 Å². The van der Waals surface area contributed by atoms with E-state index in [9.17, 15) is 0 Å². The Labute approximate surface area is 64.1 Å². The third-order valence-electron chi connectivity index (χ3n) is 2.12. The van der Waals surface area contributed by atoms with Crippen molar-refractivity contribution in [2.75, 3.05) is 0 Å². The van der Waals surface area contributed by atoms with E-state index in [0.717, 1.165) is 5.92 Å². The van der Waals surface area contributed by atoms with Crippen molar-refractivity contribution in [2.45, 2.75) is 32.6 Å². The summed E-state index contributed by atoms with van der Waals surface area (Å²) in [6.45, 7) is 2.29. The first-order chi connectivity index (χ1) is 4.83. The van der Waals surface area contributed by atoms with E-state index in [4.69, 9.17) is 5.41 Å². The van der Waals surface area contributed by atoms with E-state index in [-0.39, 0.29) is 1.43 Å². The first kappa shape index (κ1) is 7.52. The summed E-state index contributed by atoms with van der Waals surface area (Å²) in [5, 5.41) is 6.90. The van der Waals surface area contributed by atoms with Crippen LogP contribution in [0.5, 0.6) is 0 Å². The molecular formula is C9H16N+. The maximum absolute atomic E-state index is 6.90. The van der Waals surface area contributed by atoms with Gasteiger partial charge in [0.2, 0.25) is 0 Å². The minimum Gasteiger partial charge on any atom is -0.309 e. The third-order valence-corrected chi connectivity index (χ3v) is 2.12. The monoisotopic (exact) mass is 138 g/mol. The molecule has 0 amide bonds. The standard InChI is InChI=1S/C9H15N/c1-8-3-2-4-9(7-8)5-6-10/h5-6,8,10H,2-4,7H2,1H3/p+1/b9-5+,10-6?/t8-/m1/s1. The first-order valence-corrected chi connectivity index (χ1v) is 4.01. The lowest BCUT2D eigenvalue weighted by Gasteiger charge is -2.19. The normalized spacial score (nSPS) is 30.5. The van der Waals surface area contributed by atoms with Gasteiger partial charge in [-0.25, -0.2) is 0 Å². The summed E-state index contributed by atoms with van der Waals surface area (Å²) in [5.74, 6) is 0.847. The lowest BCUT2D eigenvalue weighted by molar-refractivity contribution is 0.453. The molecular weight excluding hydrogens is 122 g/mol. The molecule has 1 nitrogen and oxygen atoms in total. The molecule has 0 radical (unpaired) electrons. The van der Waals surface area contributed by atoms with Gasteiger partial charge in [0.15, 0.2) is 0 Å². The fraction of sp³-hybridized carbons (Fsp3) is 0.667. The van der Waals surface area contributed by atoms with Gasteiger partial charge >= 0.3 is 1.43 Å². The highest BCUT2D eigenvalue weighted by molar-refractivity contribution is 5.68. The van der Waals surface area contributed by atoms with Crippen LogP contribution < -0.4 is 0 Å². The van der Waals surface area contributed by atoms with Crippen molar-refractivity contribution in [1.82, 2.24) is 0 Å². The van der Waals surface area contributed by atoms with Crippen LogP contribution in [0.1, 0.15) is 34.0 Å². The Hall–Kier alpha value is -0.590. The molecule has 10 heavy (non-hydrogen) atoms. The van der Waals surface area contributed by atoms with Gasteiger partial charge in [0.05, 0.1) is 0 Å². The first-order valence-electron chi connectivity index (χ1n) is 4.01. The second-order valence-electron chi connectivity index (χ2n) is 3.19. The molecule has 1 aliphatic rings. The molecule has 1 rings (SSSR count). The average Bonchev–Trinajstić information content (AvgIpc) is 1.88. The van der Waals surface area contributed by atoms with Crippen LogP contribution in [-0.2, 0) is 0 Å². The molecule has 0 saturated heterocycles. The SMILES string of the molecule is C[C@@H]1CCC/C(=C\C=N)C1.[H+]. The lowest BCUT2D eigenvalue weighted by atomic mass is 9.87. The van der Waals surface area contributed by atoms with Crippen LogP contribution >= 0.6 is 0 Å². The number of allylic oxidation sites excluding steroid dienone is 2. The fourth-order valence-corrected chi connectivity index (χ4v) is 1.60. The molecule has 1 fully saturated rings. The zero-order valence-electron chi connectivity index (χ0n) is 7.56. The van der Waals surface area contributed by atoms with Crippen LogP contribution in [0.4, 0.5) is 0 Å². The van der Waals surface area contributed by atoms with Gasteiger partial charge in [0.25, 0.3) is 0 Å². The Kier molecular flexibility index (Phi) is 2.67. The molecule has 1 N–H and O–H groups in total.